The summed E-state index contributed by atoms with van der Waals surface area (Å²) in [4.78, 5) is 0. The Morgan fingerprint density at radius 2 is 2.23 bits per heavy atom. The van der Waals surface area contributed by atoms with Crippen molar-refractivity contribution >= 4 is 15.9 Å². The van der Waals surface area contributed by atoms with Gasteiger partial charge >= 0.3 is 0 Å². The second-order valence-electron chi connectivity index (χ2n) is 3.33. The van der Waals surface area contributed by atoms with Gasteiger partial charge in [0.1, 0.15) is 11.6 Å². The summed E-state index contributed by atoms with van der Waals surface area (Å²) in [6.45, 7) is 0.723. The molecule has 70 valence electrons. The molecule has 0 amide bonds. The summed E-state index contributed by atoms with van der Waals surface area (Å²) in [7, 11) is 0. The fourth-order valence-electron chi connectivity index (χ4n) is 1.07. The molecule has 0 N–H and O–H groups in total. The minimum atomic E-state index is -0.270. The van der Waals surface area contributed by atoms with Crippen molar-refractivity contribution in [2.45, 2.75) is 12.8 Å². The van der Waals surface area contributed by atoms with E-state index in [9.17, 15) is 4.39 Å². The van der Waals surface area contributed by atoms with Gasteiger partial charge in [-0.05, 0) is 46.8 Å². The van der Waals surface area contributed by atoms with Crippen molar-refractivity contribution in [3.05, 3.63) is 28.5 Å². The van der Waals surface area contributed by atoms with Crippen LogP contribution < -0.4 is 4.74 Å². The summed E-state index contributed by atoms with van der Waals surface area (Å²) in [5.74, 6) is 1.05. The first-order chi connectivity index (χ1) is 6.25. The summed E-state index contributed by atoms with van der Waals surface area (Å²) in [5.41, 5.74) is 0. The van der Waals surface area contributed by atoms with Crippen LogP contribution >= 0.6 is 15.9 Å². The first kappa shape index (κ1) is 9.00. The minimum Gasteiger partial charge on any atom is -0.493 e. The van der Waals surface area contributed by atoms with Crippen molar-refractivity contribution in [1.29, 1.82) is 0 Å². The molecule has 0 bridgehead atoms. The van der Waals surface area contributed by atoms with Gasteiger partial charge in [-0.25, -0.2) is 4.39 Å². The molecule has 0 radical (unpaired) electrons. The molecule has 0 unspecified atom stereocenters. The van der Waals surface area contributed by atoms with Crippen LogP contribution in [0.3, 0.4) is 0 Å². The van der Waals surface area contributed by atoms with Gasteiger partial charge < -0.3 is 4.74 Å². The lowest BCUT2D eigenvalue weighted by molar-refractivity contribution is 0.298. The van der Waals surface area contributed by atoms with Crippen LogP contribution in [-0.2, 0) is 0 Å². The lowest BCUT2D eigenvalue weighted by atomic mass is 10.3. The molecule has 2 rings (SSSR count). The van der Waals surface area contributed by atoms with Gasteiger partial charge in [0.15, 0.2) is 0 Å². The zero-order valence-electron chi connectivity index (χ0n) is 7.09. The molecule has 0 heterocycles. The predicted molar refractivity (Wildman–Crippen MR) is 52.3 cm³/mol. The SMILES string of the molecule is Fc1cc(OCC2CC2)ccc1Br. The number of benzene rings is 1. The Labute approximate surface area is 85.0 Å². The van der Waals surface area contributed by atoms with E-state index in [1.807, 2.05) is 0 Å². The highest BCUT2D eigenvalue weighted by Gasteiger charge is 2.21. The minimum absolute atomic E-state index is 0.270. The van der Waals surface area contributed by atoms with Gasteiger partial charge in [-0.1, -0.05) is 0 Å². The molecule has 1 saturated carbocycles. The normalized spacial score (nSPS) is 15.8. The Hall–Kier alpha value is -0.570. The van der Waals surface area contributed by atoms with E-state index in [-0.39, 0.29) is 5.82 Å². The van der Waals surface area contributed by atoms with Gasteiger partial charge in [-0.15, -0.1) is 0 Å². The highest BCUT2D eigenvalue weighted by molar-refractivity contribution is 9.10. The Kier molecular flexibility index (Phi) is 2.54. The average Bonchev–Trinajstić information content (AvgIpc) is 2.91. The van der Waals surface area contributed by atoms with E-state index in [0.29, 0.717) is 16.1 Å². The second kappa shape index (κ2) is 3.66. The third-order valence-corrected chi connectivity index (χ3v) is 2.72. The fraction of sp³-hybridized carbons (Fsp3) is 0.400. The predicted octanol–water partition coefficient (Wildman–Crippen LogP) is 3.38. The molecule has 0 saturated heterocycles. The maximum atomic E-state index is 13.0. The molecule has 0 aliphatic heterocycles. The molecule has 1 aromatic carbocycles. The molecule has 0 aromatic heterocycles. The molecule has 1 aliphatic carbocycles. The zero-order chi connectivity index (χ0) is 9.26. The van der Waals surface area contributed by atoms with Crippen molar-refractivity contribution in [1.82, 2.24) is 0 Å². The van der Waals surface area contributed by atoms with E-state index in [1.165, 1.54) is 18.9 Å². The van der Waals surface area contributed by atoms with Crippen molar-refractivity contribution < 1.29 is 9.13 Å². The topological polar surface area (TPSA) is 9.23 Å². The molecule has 1 fully saturated rings. The standard InChI is InChI=1S/C10H10BrFO/c11-9-4-3-8(5-10(9)12)13-6-7-1-2-7/h3-5,7H,1-2,6H2. The summed E-state index contributed by atoms with van der Waals surface area (Å²) in [6, 6.07) is 4.85. The van der Waals surface area contributed by atoms with Gasteiger partial charge in [0, 0.05) is 6.07 Å². The lowest BCUT2D eigenvalue weighted by Gasteiger charge is -2.05. The summed E-state index contributed by atoms with van der Waals surface area (Å²) < 4.78 is 18.9. The number of hydrogen-bond donors (Lipinski definition) is 0. The first-order valence-electron chi connectivity index (χ1n) is 4.33. The van der Waals surface area contributed by atoms with Crippen LogP contribution in [0, 0.1) is 11.7 Å². The number of halogens is 2. The van der Waals surface area contributed by atoms with Gasteiger partial charge in [0.2, 0.25) is 0 Å². The molecule has 1 nitrogen and oxygen atoms in total. The van der Waals surface area contributed by atoms with Gasteiger partial charge in [-0.3, -0.25) is 0 Å². The fourth-order valence-corrected chi connectivity index (χ4v) is 1.31. The zero-order valence-corrected chi connectivity index (χ0v) is 8.68. The number of ether oxygens (including phenoxy) is 1. The summed E-state index contributed by atoms with van der Waals surface area (Å²) in [6.07, 6.45) is 2.50. The van der Waals surface area contributed by atoms with Crippen molar-refractivity contribution in [3.8, 4) is 5.75 Å². The van der Waals surface area contributed by atoms with E-state index in [2.05, 4.69) is 15.9 Å². The lowest BCUT2D eigenvalue weighted by Crippen LogP contribution is -1.98. The smallest absolute Gasteiger partial charge is 0.141 e. The molecular formula is C10H10BrFO. The van der Waals surface area contributed by atoms with Gasteiger partial charge in [0.05, 0.1) is 11.1 Å². The number of hydrogen-bond acceptors (Lipinski definition) is 1. The molecular weight excluding hydrogens is 235 g/mol. The summed E-state index contributed by atoms with van der Waals surface area (Å²) >= 11 is 3.09. The van der Waals surface area contributed by atoms with Crippen LogP contribution in [0.2, 0.25) is 0 Å². The van der Waals surface area contributed by atoms with Crippen LogP contribution in [0.1, 0.15) is 12.8 Å². The quantitative estimate of drug-likeness (QED) is 0.793. The van der Waals surface area contributed by atoms with Crippen LogP contribution in [0.15, 0.2) is 22.7 Å². The van der Waals surface area contributed by atoms with Crippen molar-refractivity contribution in [3.63, 3.8) is 0 Å². The average molecular weight is 245 g/mol. The van der Waals surface area contributed by atoms with Crippen molar-refractivity contribution in [2.24, 2.45) is 5.92 Å². The van der Waals surface area contributed by atoms with E-state index in [4.69, 9.17) is 4.74 Å². The Morgan fingerprint density at radius 1 is 1.46 bits per heavy atom. The highest BCUT2D eigenvalue weighted by atomic mass is 79.9. The largest absolute Gasteiger partial charge is 0.493 e. The molecule has 3 heteroatoms. The molecule has 13 heavy (non-hydrogen) atoms. The molecule has 1 aliphatic rings. The third kappa shape index (κ3) is 2.44. The summed E-state index contributed by atoms with van der Waals surface area (Å²) in [5, 5.41) is 0. The van der Waals surface area contributed by atoms with E-state index >= 15 is 0 Å². The number of rotatable bonds is 3. The first-order valence-corrected chi connectivity index (χ1v) is 5.13. The highest BCUT2D eigenvalue weighted by Crippen LogP contribution is 2.30. The van der Waals surface area contributed by atoms with E-state index in [1.54, 1.807) is 12.1 Å². The van der Waals surface area contributed by atoms with Crippen molar-refractivity contribution in [2.75, 3.05) is 6.61 Å². The van der Waals surface area contributed by atoms with Crippen LogP contribution in [-0.4, -0.2) is 6.61 Å². The molecule has 0 spiro atoms. The van der Waals surface area contributed by atoms with Crippen LogP contribution in [0.5, 0.6) is 5.75 Å². The monoisotopic (exact) mass is 244 g/mol. The molecule has 1 aromatic rings. The van der Waals surface area contributed by atoms with Crippen LogP contribution in [0.4, 0.5) is 4.39 Å². The Morgan fingerprint density at radius 3 is 2.85 bits per heavy atom. The maximum absolute atomic E-state index is 13.0. The van der Waals surface area contributed by atoms with Crippen LogP contribution in [0.25, 0.3) is 0 Å². The molecule has 0 atom stereocenters. The second-order valence-corrected chi connectivity index (χ2v) is 4.18. The maximum Gasteiger partial charge on any atom is 0.141 e. The van der Waals surface area contributed by atoms with Gasteiger partial charge in [-0.2, -0.15) is 0 Å². The Bertz CT molecular complexity index is 310. The van der Waals surface area contributed by atoms with E-state index < -0.39 is 0 Å². The Balaban J connectivity index is 1.98. The van der Waals surface area contributed by atoms with E-state index in [0.717, 1.165) is 6.61 Å². The van der Waals surface area contributed by atoms with Gasteiger partial charge in [0.25, 0.3) is 0 Å². The third-order valence-electron chi connectivity index (χ3n) is 2.07.